The second-order valence-corrected chi connectivity index (χ2v) is 14.5. The van der Waals surface area contributed by atoms with Crippen LogP contribution in [0, 0.1) is 5.82 Å². The predicted octanol–water partition coefficient (Wildman–Crippen LogP) is 5.67. The molecule has 1 fully saturated rings. The van der Waals surface area contributed by atoms with Crippen molar-refractivity contribution in [2.24, 2.45) is 0 Å². The average molecular weight is 766 g/mol. The van der Waals surface area contributed by atoms with Gasteiger partial charge in [-0.15, -0.1) is 6.58 Å². The van der Waals surface area contributed by atoms with Gasteiger partial charge in [-0.25, -0.2) is 23.8 Å². The van der Waals surface area contributed by atoms with Crippen molar-refractivity contribution in [3.05, 3.63) is 159 Å². The van der Waals surface area contributed by atoms with Crippen LogP contribution in [0.5, 0.6) is 0 Å². The Morgan fingerprint density at radius 1 is 0.930 bits per heavy atom. The maximum absolute atomic E-state index is 15.1. The number of rotatable bonds is 10. The average Bonchev–Trinajstić information content (AvgIpc) is 3.49. The van der Waals surface area contributed by atoms with E-state index < -0.39 is 11.4 Å². The molecule has 1 amide bonds. The van der Waals surface area contributed by atoms with Crippen LogP contribution in [0.3, 0.4) is 0 Å². The van der Waals surface area contributed by atoms with Crippen LogP contribution in [0.4, 0.5) is 21.7 Å². The fourth-order valence-electron chi connectivity index (χ4n) is 7.22. The van der Waals surface area contributed by atoms with Gasteiger partial charge in [-0.05, 0) is 79.6 Å². The molecule has 57 heavy (non-hydrogen) atoms. The SMILES string of the molecule is C=CCn1c(=O)c2cnc(Nc3ccc(N4CCN(C(=O)c5cc(Cc6n[nH]c(=O)c7ccccc67)ccc5F)CC4)cc3)nc2n1-c1cccc(C(C)(C)O)c1. The van der Waals surface area contributed by atoms with Gasteiger partial charge in [0.2, 0.25) is 5.95 Å². The van der Waals surface area contributed by atoms with E-state index in [1.165, 1.54) is 16.9 Å². The minimum Gasteiger partial charge on any atom is -0.386 e. The first kappa shape index (κ1) is 37.0. The first-order chi connectivity index (χ1) is 27.5. The van der Waals surface area contributed by atoms with Crippen LogP contribution >= 0.6 is 0 Å². The van der Waals surface area contributed by atoms with Crippen LogP contribution < -0.4 is 21.3 Å². The molecule has 0 radical (unpaired) electrons. The zero-order chi connectivity index (χ0) is 39.8. The summed E-state index contributed by atoms with van der Waals surface area (Å²) in [6.07, 6.45) is 3.46. The quantitative estimate of drug-likeness (QED) is 0.150. The summed E-state index contributed by atoms with van der Waals surface area (Å²) in [6.45, 7) is 9.41. The summed E-state index contributed by atoms with van der Waals surface area (Å²) < 4.78 is 18.3. The molecule has 0 saturated carbocycles. The lowest BCUT2D eigenvalue weighted by Crippen LogP contribution is -2.49. The summed E-state index contributed by atoms with van der Waals surface area (Å²) in [4.78, 5) is 52.2. The topological polar surface area (TPSA) is 154 Å². The molecular formula is C43H40FN9O4. The Hall–Kier alpha value is -6.93. The van der Waals surface area contributed by atoms with Crippen LogP contribution in [0.15, 0.2) is 119 Å². The van der Waals surface area contributed by atoms with Crippen LogP contribution in [0.1, 0.15) is 41.0 Å². The number of carbonyl (C=O) groups excluding carboxylic acids is 1. The number of fused-ring (bicyclic) bond motifs is 2. The molecule has 0 spiro atoms. The van der Waals surface area contributed by atoms with Crippen molar-refractivity contribution in [3.63, 3.8) is 0 Å². The lowest BCUT2D eigenvalue weighted by molar-refractivity contribution is 0.0741. The normalized spacial score (nSPS) is 13.3. The van der Waals surface area contributed by atoms with Gasteiger partial charge in [0.1, 0.15) is 11.2 Å². The Morgan fingerprint density at radius 2 is 1.68 bits per heavy atom. The number of allylic oxidation sites excluding steroid dienone is 1. The van der Waals surface area contributed by atoms with E-state index in [0.717, 1.165) is 11.4 Å². The molecule has 4 heterocycles. The fourth-order valence-corrected chi connectivity index (χ4v) is 7.22. The second-order valence-electron chi connectivity index (χ2n) is 14.5. The van der Waals surface area contributed by atoms with Crippen LogP contribution in [0.2, 0.25) is 0 Å². The van der Waals surface area contributed by atoms with Gasteiger partial charge in [-0.3, -0.25) is 14.4 Å². The number of piperazine rings is 1. The zero-order valence-electron chi connectivity index (χ0n) is 31.4. The maximum Gasteiger partial charge on any atom is 0.278 e. The van der Waals surface area contributed by atoms with Crippen molar-refractivity contribution in [2.75, 3.05) is 36.4 Å². The van der Waals surface area contributed by atoms with Crippen LogP contribution in [-0.2, 0) is 18.6 Å². The molecule has 1 aliphatic heterocycles. The monoisotopic (exact) mass is 765 g/mol. The molecule has 14 heteroatoms. The number of nitrogens with one attached hydrogen (secondary N) is 2. The van der Waals surface area contributed by atoms with Crippen molar-refractivity contribution in [3.8, 4) is 5.69 Å². The molecular weight excluding hydrogens is 726 g/mol. The molecule has 3 N–H and O–H groups in total. The van der Waals surface area contributed by atoms with Gasteiger partial charge < -0.3 is 20.2 Å². The molecule has 1 saturated heterocycles. The number of hydrogen-bond acceptors (Lipinski definition) is 9. The van der Waals surface area contributed by atoms with E-state index in [4.69, 9.17) is 4.98 Å². The fraction of sp³-hybridized carbons (Fsp3) is 0.209. The number of aromatic nitrogens is 6. The van der Waals surface area contributed by atoms with Crippen molar-refractivity contribution < 1.29 is 14.3 Å². The zero-order valence-corrected chi connectivity index (χ0v) is 31.4. The Kier molecular flexibility index (Phi) is 9.71. The molecule has 8 rings (SSSR count). The summed E-state index contributed by atoms with van der Waals surface area (Å²) in [7, 11) is 0. The summed E-state index contributed by atoms with van der Waals surface area (Å²) in [5.41, 5.74) is 3.16. The van der Waals surface area contributed by atoms with E-state index in [1.54, 1.807) is 53.8 Å². The van der Waals surface area contributed by atoms with Crippen molar-refractivity contribution in [2.45, 2.75) is 32.4 Å². The van der Waals surface area contributed by atoms with E-state index in [2.05, 4.69) is 32.0 Å². The van der Waals surface area contributed by atoms with Gasteiger partial charge in [-0.2, -0.15) is 10.1 Å². The third-order valence-electron chi connectivity index (χ3n) is 10.2. The molecule has 0 bridgehead atoms. The Bertz CT molecular complexity index is 2780. The van der Waals surface area contributed by atoms with Crippen molar-refractivity contribution in [1.82, 2.24) is 34.4 Å². The lowest BCUT2D eigenvalue weighted by atomic mass is 9.98. The third kappa shape index (κ3) is 7.30. The van der Waals surface area contributed by atoms with Crippen molar-refractivity contribution >= 4 is 45.0 Å². The predicted molar refractivity (Wildman–Crippen MR) is 218 cm³/mol. The Labute approximate surface area is 326 Å². The number of aromatic amines is 1. The van der Waals surface area contributed by atoms with E-state index >= 15 is 4.39 Å². The molecule has 7 aromatic rings. The molecule has 13 nitrogen and oxygen atoms in total. The highest BCUT2D eigenvalue weighted by atomic mass is 19.1. The van der Waals surface area contributed by atoms with Crippen LogP contribution in [0.25, 0.3) is 27.5 Å². The Balaban J connectivity index is 0.948. The number of benzene rings is 4. The molecule has 0 atom stereocenters. The minimum absolute atomic E-state index is 0.00223. The first-order valence-corrected chi connectivity index (χ1v) is 18.6. The van der Waals surface area contributed by atoms with Gasteiger partial charge in [0.05, 0.1) is 34.5 Å². The number of anilines is 3. The van der Waals surface area contributed by atoms with E-state index in [9.17, 15) is 19.5 Å². The van der Waals surface area contributed by atoms with Gasteiger partial charge in [-0.1, -0.05) is 42.5 Å². The molecule has 0 aliphatic carbocycles. The van der Waals surface area contributed by atoms with E-state index in [1.807, 2.05) is 60.7 Å². The van der Waals surface area contributed by atoms with Gasteiger partial charge in [0, 0.05) is 55.6 Å². The first-order valence-electron chi connectivity index (χ1n) is 18.6. The standard InChI is InChI=1S/C43H40FN9O4/c1-4-18-52-41(56)35-26-45-42(47-38(35)53(52)31-9-7-8-28(25-31)43(2,3)57)46-29-13-15-30(16-14-29)50-19-21-51(22-20-50)40(55)34-23-27(12-17-36(34)44)24-37-32-10-5-6-11-33(32)39(54)49-48-37/h4-17,23,25-26,57H,1,18-22,24H2,2-3H3,(H,49,54)(H,45,46,47). The lowest BCUT2D eigenvalue weighted by Gasteiger charge is -2.36. The van der Waals surface area contributed by atoms with E-state index in [-0.39, 0.29) is 29.1 Å². The number of carbonyl (C=O) groups is 1. The number of halogens is 1. The van der Waals surface area contributed by atoms with E-state index in [0.29, 0.717) is 82.9 Å². The summed E-state index contributed by atoms with van der Waals surface area (Å²) in [5, 5.41) is 22.2. The number of nitrogens with zero attached hydrogens (tertiary/aromatic N) is 7. The second kappa shape index (κ2) is 15.0. The molecule has 0 unspecified atom stereocenters. The highest BCUT2D eigenvalue weighted by Crippen LogP contribution is 2.26. The molecule has 4 aromatic carbocycles. The van der Waals surface area contributed by atoms with Crippen molar-refractivity contribution in [1.29, 1.82) is 0 Å². The highest BCUT2D eigenvalue weighted by Gasteiger charge is 2.25. The molecule has 3 aromatic heterocycles. The number of hydrogen-bond donors (Lipinski definition) is 3. The largest absolute Gasteiger partial charge is 0.386 e. The van der Waals surface area contributed by atoms with Gasteiger partial charge in [0.25, 0.3) is 17.0 Å². The number of H-pyrrole nitrogens is 1. The van der Waals surface area contributed by atoms with Crippen LogP contribution in [-0.4, -0.2) is 71.6 Å². The summed E-state index contributed by atoms with van der Waals surface area (Å²) in [5.74, 6) is -0.667. The number of aliphatic hydroxyl groups is 1. The summed E-state index contributed by atoms with van der Waals surface area (Å²) >= 11 is 0. The number of amides is 1. The molecule has 288 valence electrons. The third-order valence-corrected chi connectivity index (χ3v) is 10.2. The minimum atomic E-state index is -1.09. The Morgan fingerprint density at radius 3 is 2.42 bits per heavy atom. The smallest absolute Gasteiger partial charge is 0.278 e. The highest BCUT2D eigenvalue weighted by molar-refractivity contribution is 5.95. The van der Waals surface area contributed by atoms with Gasteiger partial charge in [0.15, 0.2) is 5.65 Å². The van der Waals surface area contributed by atoms with Gasteiger partial charge >= 0.3 is 0 Å². The molecule has 1 aliphatic rings. The maximum atomic E-state index is 15.1. The summed E-state index contributed by atoms with van der Waals surface area (Å²) in [6, 6.07) is 26.8.